The van der Waals surface area contributed by atoms with Crippen molar-refractivity contribution in [3.05, 3.63) is 90.3 Å². The Balaban J connectivity index is 1.67. The van der Waals surface area contributed by atoms with Gasteiger partial charge in [-0.25, -0.2) is 0 Å². The molecule has 0 aliphatic rings. The van der Waals surface area contributed by atoms with Gasteiger partial charge >= 0.3 is 0 Å². The lowest BCUT2D eigenvalue weighted by molar-refractivity contribution is 0.302. The molecule has 27 heavy (non-hydrogen) atoms. The van der Waals surface area contributed by atoms with Crippen molar-refractivity contribution >= 4 is 60.7 Å². The monoisotopic (exact) mass is 527 g/mol. The fraction of sp³-hybridized carbons (Fsp3) is 0.143. The first kappa shape index (κ1) is 20.5. The van der Waals surface area contributed by atoms with Crippen LogP contribution in [0.25, 0.3) is 0 Å². The molecule has 6 heteroatoms. The molecule has 0 aromatic heterocycles. The van der Waals surface area contributed by atoms with Gasteiger partial charge in [-0.1, -0.05) is 41.4 Å². The zero-order valence-electron chi connectivity index (χ0n) is 14.5. The summed E-state index contributed by atoms with van der Waals surface area (Å²) in [6, 6.07) is 17.7. The maximum Gasteiger partial charge on any atom is 0.148 e. The highest BCUT2D eigenvalue weighted by Gasteiger charge is 2.10. The molecule has 140 valence electrons. The highest BCUT2D eigenvalue weighted by atomic mass is 79.9. The number of ether oxygens (including phenoxy) is 1. The van der Waals surface area contributed by atoms with Gasteiger partial charge in [-0.3, -0.25) is 0 Å². The molecule has 2 nitrogen and oxygen atoms in total. The van der Waals surface area contributed by atoms with Crippen molar-refractivity contribution in [2.24, 2.45) is 0 Å². The Hall–Kier alpha value is -1.20. The summed E-state index contributed by atoms with van der Waals surface area (Å²) in [5, 5.41) is 4.84. The number of halogens is 4. The molecule has 0 radical (unpaired) electrons. The van der Waals surface area contributed by atoms with E-state index in [1.54, 1.807) is 0 Å². The van der Waals surface area contributed by atoms with Gasteiger partial charge in [0.1, 0.15) is 12.4 Å². The molecule has 0 aliphatic carbocycles. The zero-order valence-corrected chi connectivity index (χ0v) is 19.2. The summed E-state index contributed by atoms with van der Waals surface area (Å²) < 4.78 is 7.74. The van der Waals surface area contributed by atoms with Gasteiger partial charge in [0.2, 0.25) is 0 Å². The van der Waals surface area contributed by atoms with Crippen molar-refractivity contribution in [1.29, 1.82) is 0 Å². The third kappa shape index (κ3) is 5.64. The third-order valence-electron chi connectivity index (χ3n) is 4.00. The van der Waals surface area contributed by atoms with E-state index in [0.717, 1.165) is 42.1 Å². The van der Waals surface area contributed by atoms with Crippen molar-refractivity contribution in [2.45, 2.75) is 20.1 Å². The SMILES string of the molecule is Cc1ccc(NCc2cc(Br)c(OCc3cccc(Cl)c3)c(Br)c2)cc1Cl. The van der Waals surface area contributed by atoms with Gasteiger partial charge < -0.3 is 10.1 Å². The Morgan fingerprint density at radius 3 is 2.33 bits per heavy atom. The molecule has 0 heterocycles. The van der Waals surface area contributed by atoms with Crippen LogP contribution in [0.2, 0.25) is 10.0 Å². The molecule has 3 aromatic carbocycles. The fourth-order valence-electron chi connectivity index (χ4n) is 2.54. The molecule has 0 aliphatic heterocycles. The Kier molecular flexibility index (Phi) is 7.10. The number of nitrogens with one attached hydrogen (secondary N) is 1. The van der Waals surface area contributed by atoms with Gasteiger partial charge in [0.15, 0.2) is 0 Å². The molecule has 0 atom stereocenters. The minimum absolute atomic E-state index is 0.442. The first-order valence-electron chi connectivity index (χ1n) is 8.27. The lowest BCUT2D eigenvalue weighted by Crippen LogP contribution is -2.02. The van der Waals surface area contributed by atoms with Crippen LogP contribution in [0.5, 0.6) is 5.75 Å². The van der Waals surface area contributed by atoms with Crippen molar-refractivity contribution < 1.29 is 4.74 Å². The van der Waals surface area contributed by atoms with E-state index in [1.807, 2.05) is 61.5 Å². The van der Waals surface area contributed by atoms with Crippen LogP contribution in [0.4, 0.5) is 5.69 Å². The van der Waals surface area contributed by atoms with Gasteiger partial charge in [0, 0.05) is 22.3 Å². The highest BCUT2D eigenvalue weighted by molar-refractivity contribution is 9.11. The highest BCUT2D eigenvalue weighted by Crippen LogP contribution is 2.35. The van der Waals surface area contributed by atoms with E-state index >= 15 is 0 Å². The number of hydrogen-bond donors (Lipinski definition) is 1. The maximum atomic E-state index is 6.18. The summed E-state index contributed by atoms with van der Waals surface area (Å²) in [5.41, 5.74) is 4.18. The molecular weight excluding hydrogens is 513 g/mol. The minimum atomic E-state index is 0.442. The standard InChI is InChI=1S/C21H17Br2Cl2NO/c1-13-5-6-17(10-20(13)25)26-11-15-8-18(22)21(19(23)9-15)27-12-14-3-2-4-16(24)7-14/h2-10,26H,11-12H2,1H3. The summed E-state index contributed by atoms with van der Waals surface area (Å²) >= 11 is 19.4. The van der Waals surface area contributed by atoms with E-state index in [2.05, 4.69) is 37.2 Å². The van der Waals surface area contributed by atoms with Gasteiger partial charge in [0.05, 0.1) is 8.95 Å². The number of anilines is 1. The predicted octanol–water partition coefficient (Wildman–Crippen LogP) is 8.02. The molecule has 3 rings (SSSR count). The van der Waals surface area contributed by atoms with Crippen molar-refractivity contribution in [1.82, 2.24) is 0 Å². The summed E-state index contributed by atoms with van der Waals surface area (Å²) in [6.07, 6.45) is 0. The summed E-state index contributed by atoms with van der Waals surface area (Å²) in [4.78, 5) is 0. The topological polar surface area (TPSA) is 21.3 Å². The Bertz CT molecular complexity index is 940. The van der Waals surface area contributed by atoms with Gasteiger partial charge in [-0.2, -0.15) is 0 Å². The second-order valence-corrected chi connectivity index (χ2v) is 8.68. The maximum absolute atomic E-state index is 6.18. The van der Waals surface area contributed by atoms with Gasteiger partial charge in [-0.15, -0.1) is 0 Å². The predicted molar refractivity (Wildman–Crippen MR) is 121 cm³/mol. The molecule has 0 saturated carbocycles. The smallest absolute Gasteiger partial charge is 0.148 e. The molecule has 0 spiro atoms. The van der Waals surface area contributed by atoms with E-state index in [0.29, 0.717) is 18.2 Å². The minimum Gasteiger partial charge on any atom is -0.487 e. The fourth-order valence-corrected chi connectivity index (χ4v) is 4.45. The molecule has 0 saturated heterocycles. The van der Waals surface area contributed by atoms with E-state index in [1.165, 1.54) is 0 Å². The van der Waals surface area contributed by atoms with Crippen LogP contribution in [-0.2, 0) is 13.2 Å². The number of rotatable bonds is 6. The van der Waals surface area contributed by atoms with Gasteiger partial charge in [0.25, 0.3) is 0 Å². The summed E-state index contributed by atoms with van der Waals surface area (Å²) in [7, 11) is 0. The summed E-state index contributed by atoms with van der Waals surface area (Å²) in [6.45, 7) is 3.10. The lowest BCUT2D eigenvalue weighted by atomic mass is 10.2. The van der Waals surface area contributed by atoms with E-state index in [9.17, 15) is 0 Å². The third-order valence-corrected chi connectivity index (χ3v) is 5.82. The molecule has 0 bridgehead atoms. The normalized spacial score (nSPS) is 10.7. The average Bonchev–Trinajstić information content (AvgIpc) is 2.62. The second-order valence-electron chi connectivity index (χ2n) is 6.12. The molecule has 3 aromatic rings. The average molecular weight is 530 g/mol. The molecule has 0 fully saturated rings. The Morgan fingerprint density at radius 1 is 0.926 bits per heavy atom. The molecular formula is C21H17Br2Cl2NO. The molecule has 0 unspecified atom stereocenters. The zero-order chi connectivity index (χ0) is 19.4. The van der Waals surface area contributed by atoms with Gasteiger partial charge in [-0.05, 0) is 91.9 Å². The van der Waals surface area contributed by atoms with Crippen LogP contribution in [-0.4, -0.2) is 0 Å². The van der Waals surface area contributed by atoms with Crippen LogP contribution in [0.3, 0.4) is 0 Å². The number of hydrogen-bond acceptors (Lipinski definition) is 2. The molecule has 1 N–H and O–H groups in total. The number of aryl methyl sites for hydroxylation is 1. The first-order valence-corrected chi connectivity index (χ1v) is 10.6. The quantitative estimate of drug-likeness (QED) is 0.349. The van der Waals surface area contributed by atoms with Crippen LogP contribution in [0, 0.1) is 6.92 Å². The second kappa shape index (κ2) is 9.33. The van der Waals surface area contributed by atoms with E-state index < -0.39 is 0 Å². The summed E-state index contributed by atoms with van der Waals surface area (Å²) in [5.74, 6) is 0.761. The van der Waals surface area contributed by atoms with Crippen LogP contribution < -0.4 is 10.1 Å². The Morgan fingerprint density at radius 2 is 1.67 bits per heavy atom. The largest absolute Gasteiger partial charge is 0.487 e. The van der Waals surface area contributed by atoms with Crippen molar-refractivity contribution in [2.75, 3.05) is 5.32 Å². The van der Waals surface area contributed by atoms with Crippen LogP contribution >= 0.6 is 55.1 Å². The lowest BCUT2D eigenvalue weighted by Gasteiger charge is -2.14. The van der Waals surface area contributed by atoms with Crippen molar-refractivity contribution in [3.63, 3.8) is 0 Å². The van der Waals surface area contributed by atoms with E-state index in [-0.39, 0.29) is 0 Å². The van der Waals surface area contributed by atoms with Crippen LogP contribution in [0.15, 0.2) is 63.5 Å². The first-order chi connectivity index (χ1) is 12.9. The molecule has 0 amide bonds. The van der Waals surface area contributed by atoms with E-state index in [4.69, 9.17) is 27.9 Å². The van der Waals surface area contributed by atoms with Crippen LogP contribution in [0.1, 0.15) is 16.7 Å². The van der Waals surface area contributed by atoms with Crippen molar-refractivity contribution in [3.8, 4) is 5.75 Å². The number of benzene rings is 3. The Labute approximate surface area is 186 Å².